The molecular weight excluding hydrogens is 248 g/mol. The summed E-state index contributed by atoms with van der Waals surface area (Å²) in [5, 5.41) is 12.7. The lowest BCUT2D eigenvalue weighted by Crippen LogP contribution is -2.63. The molecule has 1 atom stereocenters. The van der Waals surface area contributed by atoms with Crippen molar-refractivity contribution in [3.05, 3.63) is 0 Å². The molecule has 2 amide bonds. The van der Waals surface area contributed by atoms with Gasteiger partial charge in [0.05, 0.1) is 6.54 Å². The molecule has 1 aliphatic heterocycles. The van der Waals surface area contributed by atoms with Crippen molar-refractivity contribution in [2.24, 2.45) is 5.92 Å². The molecular formula is C13H20N2O4. The standard InChI is InChI=1S/C13H20N2O4/c1-8(2)14-13(12(18)19,9-3-4-9)7-15-10(16)5-6-11(15)17/h8-9,14H,3-7H2,1-2H3,(H,18,19). The van der Waals surface area contributed by atoms with Gasteiger partial charge in [-0.05, 0) is 32.6 Å². The average molecular weight is 268 g/mol. The summed E-state index contributed by atoms with van der Waals surface area (Å²) in [6.45, 7) is 3.68. The maximum atomic E-state index is 11.7. The zero-order valence-electron chi connectivity index (χ0n) is 11.3. The molecule has 2 aliphatic rings. The maximum Gasteiger partial charge on any atom is 0.326 e. The number of nitrogens with zero attached hydrogens (tertiary/aromatic N) is 1. The van der Waals surface area contributed by atoms with Crippen LogP contribution in [0.4, 0.5) is 0 Å². The second-order valence-corrected chi connectivity index (χ2v) is 5.72. The minimum absolute atomic E-state index is 0.00593. The van der Waals surface area contributed by atoms with E-state index in [-0.39, 0.29) is 43.2 Å². The molecule has 0 radical (unpaired) electrons. The van der Waals surface area contributed by atoms with Crippen LogP contribution in [0.2, 0.25) is 0 Å². The molecule has 0 spiro atoms. The Morgan fingerprint density at radius 2 is 1.89 bits per heavy atom. The number of carboxylic acids is 1. The third-order valence-electron chi connectivity index (χ3n) is 3.76. The summed E-state index contributed by atoms with van der Waals surface area (Å²) >= 11 is 0. The quantitative estimate of drug-likeness (QED) is 0.679. The van der Waals surface area contributed by atoms with Gasteiger partial charge in [0.25, 0.3) is 0 Å². The molecule has 106 valence electrons. The molecule has 1 heterocycles. The van der Waals surface area contributed by atoms with Gasteiger partial charge in [-0.15, -0.1) is 0 Å². The van der Waals surface area contributed by atoms with E-state index in [4.69, 9.17) is 0 Å². The molecule has 2 N–H and O–H groups in total. The largest absolute Gasteiger partial charge is 0.480 e. The third kappa shape index (κ3) is 2.63. The van der Waals surface area contributed by atoms with Crippen molar-refractivity contribution in [3.8, 4) is 0 Å². The molecule has 2 rings (SSSR count). The van der Waals surface area contributed by atoms with Gasteiger partial charge in [0.1, 0.15) is 5.54 Å². The van der Waals surface area contributed by atoms with Gasteiger partial charge >= 0.3 is 5.97 Å². The van der Waals surface area contributed by atoms with Crippen LogP contribution in [0.3, 0.4) is 0 Å². The number of carbonyl (C=O) groups is 3. The Labute approximate surface area is 112 Å². The third-order valence-corrected chi connectivity index (χ3v) is 3.76. The van der Waals surface area contributed by atoms with E-state index in [0.717, 1.165) is 17.7 Å². The van der Waals surface area contributed by atoms with Gasteiger partial charge in [-0.2, -0.15) is 0 Å². The number of rotatable bonds is 6. The fourth-order valence-electron chi connectivity index (χ4n) is 2.74. The predicted molar refractivity (Wildman–Crippen MR) is 67.3 cm³/mol. The van der Waals surface area contributed by atoms with Crippen molar-refractivity contribution < 1.29 is 19.5 Å². The van der Waals surface area contributed by atoms with Crippen molar-refractivity contribution in [1.82, 2.24) is 10.2 Å². The molecule has 0 aromatic rings. The van der Waals surface area contributed by atoms with Gasteiger partial charge in [-0.1, -0.05) is 0 Å². The highest BCUT2D eigenvalue weighted by molar-refractivity contribution is 6.02. The summed E-state index contributed by atoms with van der Waals surface area (Å²) in [5.41, 5.74) is -1.19. The van der Waals surface area contributed by atoms with Gasteiger partial charge < -0.3 is 5.11 Å². The highest BCUT2D eigenvalue weighted by Gasteiger charge is 2.54. The number of likely N-dealkylation sites (tertiary alicyclic amines) is 1. The van der Waals surface area contributed by atoms with E-state index >= 15 is 0 Å². The summed E-state index contributed by atoms with van der Waals surface area (Å²) in [7, 11) is 0. The number of carbonyl (C=O) groups excluding carboxylic acids is 2. The fourth-order valence-corrected chi connectivity index (χ4v) is 2.74. The molecule has 19 heavy (non-hydrogen) atoms. The van der Waals surface area contributed by atoms with Crippen LogP contribution in [0.25, 0.3) is 0 Å². The monoisotopic (exact) mass is 268 g/mol. The van der Waals surface area contributed by atoms with Crippen LogP contribution in [0.1, 0.15) is 39.5 Å². The van der Waals surface area contributed by atoms with Crippen LogP contribution in [0.15, 0.2) is 0 Å². The Bertz CT molecular complexity index is 401. The first-order valence-electron chi connectivity index (χ1n) is 6.71. The smallest absolute Gasteiger partial charge is 0.326 e. The SMILES string of the molecule is CC(C)NC(CN1C(=O)CCC1=O)(C(=O)O)C1CC1. The fraction of sp³-hybridized carbons (Fsp3) is 0.769. The molecule has 0 bridgehead atoms. The second kappa shape index (κ2) is 4.92. The van der Waals surface area contributed by atoms with Crippen molar-refractivity contribution in [1.29, 1.82) is 0 Å². The zero-order valence-corrected chi connectivity index (χ0v) is 11.3. The highest BCUT2D eigenvalue weighted by atomic mass is 16.4. The summed E-state index contributed by atoms with van der Waals surface area (Å²) in [5.74, 6) is -1.51. The summed E-state index contributed by atoms with van der Waals surface area (Å²) in [4.78, 5) is 36.2. The first-order chi connectivity index (χ1) is 8.86. The van der Waals surface area contributed by atoms with Crippen LogP contribution < -0.4 is 5.32 Å². The number of aliphatic carboxylic acids is 1. The molecule has 1 saturated carbocycles. The molecule has 2 fully saturated rings. The van der Waals surface area contributed by atoms with Crippen LogP contribution in [0, 0.1) is 5.92 Å². The highest BCUT2D eigenvalue weighted by Crippen LogP contribution is 2.41. The molecule has 1 unspecified atom stereocenters. The molecule has 6 nitrogen and oxygen atoms in total. The molecule has 0 aromatic heterocycles. The van der Waals surface area contributed by atoms with Gasteiger partial charge in [0.2, 0.25) is 11.8 Å². The van der Waals surface area contributed by atoms with Crippen molar-refractivity contribution in [2.45, 2.75) is 51.1 Å². The topological polar surface area (TPSA) is 86.7 Å². The van der Waals surface area contributed by atoms with Gasteiger partial charge in [0.15, 0.2) is 0 Å². The molecule has 6 heteroatoms. The second-order valence-electron chi connectivity index (χ2n) is 5.72. The molecule has 1 aliphatic carbocycles. The maximum absolute atomic E-state index is 11.7. The number of hydrogen-bond acceptors (Lipinski definition) is 4. The van der Waals surface area contributed by atoms with Crippen LogP contribution in [0.5, 0.6) is 0 Å². The van der Waals surface area contributed by atoms with E-state index in [1.807, 2.05) is 13.8 Å². The number of imide groups is 1. The summed E-state index contributed by atoms with van der Waals surface area (Å²) in [6, 6.07) is -0.0236. The van der Waals surface area contributed by atoms with Gasteiger partial charge in [-0.25, -0.2) is 0 Å². The number of amides is 2. The Hall–Kier alpha value is -1.43. The lowest BCUT2D eigenvalue weighted by molar-refractivity contribution is -0.150. The van der Waals surface area contributed by atoms with Gasteiger partial charge in [0, 0.05) is 18.9 Å². The average Bonchev–Trinajstić information content (AvgIpc) is 3.10. The Kier molecular flexibility index (Phi) is 3.62. The Morgan fingerprint density at radius 1 is 1.37 bits per heavy atom. The first kappa shape index (κ1) is 14.0. The van der Waals surface area contributed by atoms with Crippen molar-refractivity contribution in [2.75, 3.05) is 6.54 Å². The molecule has 0 aromatic carbocycles. The number of carboxylic acid groups (broad SMARTS) is 1. The van der Waals surface area contributed by atoms with Gasteiger partial charge in [-0.3, -0.25) is 24.6 Å². The van der Waals surface area contributed by atoms with E-state index in [1.54, 1.807) is 0 Å². The minimum Gasteiger partial charge on any atom is -0.480 e. The Morgan fingerprint density at radius 3 is 2.26 bits per heavy atom. The first-order valence-corrected chi connectivity index (χ1v) is 6.71. The zero-order chi connectivity index (χ0) is 14.2. The van der Waals surface area contributed by atoms with Crippen LogP contribution in [-0.2, 0) is 14.4 Å². The van der Waals surface area contributed by atoms with Crippen molar-refractivity contribution >= 4 is 17.8 Å². The van der Waals surface area contributed by atoms with Crippen molar-refractivity contribution in [3.63, 3.8) is 0 Å². The number of hydrogen-bond donors (Lipinski definition) is 2. The molecule has 1 saturated heterocycles. The normalized spacial score (nSPS) is 23.0. The lowest BCUT2D eigenvalue weighted by Gasteiger charge is -2.35. The van der Waals surface area contributed by atoms with E-state index in [0.29, 0.717) is 0 Å². The Balaban J connectivity index is 2.24. The minimum atomic E-state index is -1.19. The van der Waals surface area contributed by atoms with E-state index < -0.39 is 11.5 Å². The van der Waals surface area contributed by atoms with E-state index in [2.05, 4.69) is 5.32 Å². The lowest BCUT2D eigenvalue weighted by atomic mass is 9.91. The predicted octanol–water partition coefficient (Wildman–Crippen LogP) is 0.367. The number of nitrogens with one attached hydrogen (secondary N) is 1. The van der Waals surface area contributed by atoms with Crippen LogP contribution in [-0.4, -0.2) is 45.9 Å². The van der Waals surface area contributed by atoms with Crippen LogP contribution >= 0.6 is 0 Å². The van der Waals surface area contributed by atoms with E-state index in [1.165, 1.54) is 0 Å². The summed E-state index contributed by atoms with van der Waals surface area (Å²) in [6.07, 6.45) is 2.03. The summed E-state index contributed by atoms with van der Waals surface area (Å²) < 4.78 is 0. The van der Waals surface area contributed by atoms with E-state index in [9.17, 15) is 19.5 Å².